The van der Waals surface area contributed by atoms with Gasteiger partial charge in [-0.05, 0) is 12.5 Å². The molecule has 0 bridgehead atoms. The normalized spacial score (nSPS) is 26.5. The van der Waals surface area contributed by atoms with Crippen molar-refractivity contribution < 1.29 is 23.8 Å². The van der Waals surface area contributed by atoms with E-state index in [9.17, 15) is 9.59 Å². The molecule has 0 aliphatic carbocycles. The van der Waals surface area contributed by atoms with Crippen LogP contribution in [0.4, 0.5) is 0 Å². The SMILES string of the molecule is CC1=CC(O/C=C2\C(=O)OCC2c2ccccc2)OC1=O. The fourth-order valence-electron chi connectivity index (χ4n) is 2.28. The molecule has 1 fully saturated rings. The number of hydrogen-bond donors (Lipinski definition) is 0. The predicted molar refractivity (Wildman–Crippen MR) is 72.9 cm³/mol. The Bertz CT molecular complexity index is 629. The molecule has 2 atom stereocenters. The van der Waals surface area contributed by atoms with Crippen LogP contribution in [0.2, 0.25) is 0 Å². The Labute approximate surface area is 121 Å². The molecular formula is C16H14O5. The second-order valence-electron chi connectivity index (χ2n) is 4.89. The van der Waals surface area contributed by atoms with Crippen LogP contribution in [0.1, 0.15) is 18.4 Å². The summed E-state index contributed by atoms with van der Waals surface area (Å²) < 4.78 is 15.4. The second-order valence-corrected chi connectivity index (χ2v) is 4.89. The molecule has 108 valence electrons. The van der Waals surface area contributed by atoms with E-state index in [1.54, 1.807) is 13.0 Å². The summed E-state index contributed by atoms with van der Waals surface area (Å²) in [5, 5.41) is 0. The van der Waals surface area contributed by atoms with E-state index >= 15 is 0 Å². The average molecular weight is 286 g/mol. The van der Waals surface area contributed by atoms with Crippen molar-refractivity contribution >= 4 is 11.9 Å². The first kappa shape index (κ1) is 13.4. The zero-order valence-corrected chi connectivity index (χ0v) is 11.4. The van der Waals surface area contributed by atoms with Crippen molar-refractivity contribution in [2.75, 3.05) is 6.61 Å². The van der Waals surface area contributed by atoms with E-state index in [1.165, 1.54) is 6.26 Å². The molecule has 0 amide bonds. The van der Waals surface area contributed by atoms with Gasteiger partial charge in [-0.2, -0.15) is 0 Å². The third-order valence-corrected chi connectivity index (χ3v) is 3.45. The van der Waals surface area contributed by atoms with E-state index in [4.69, 9.17) is 14.2 Å². The third kappa shape index (κ3) is 2.67. The summed E-state index contributed by atoms with van der Waals surface area (Å²) >= 11 is 0. The van der Waals surface area contributed by atoms with Gasteiger partial charge < -0.3 is 14.2 Å². The van der Waals surface area contributed by atoms with E-state index in [0.717, 1.165) is 5.56 Å². The fourth-order valence-corrected chi connectivity index (χ4v) is 2.28. The van der Waals surface area contributed by atoms with Crippen LogP contribution in [0, 0.1) is 0 Å². The fraction of sp³-hybridized carbons (Fsp3) is 0.250. The van der Waals surface area contributed by atoms with Gasteiger partial charge in [0.1, 0.15) is 6.61 Å². The Morgan fingerprint density at radius 2 is 1.95 bits per heavy atom. The van der Waals surface area contributed by atoms with E-state index in [-0.39, 0.29) is 12.5 Å². The quantitative estimate of drug-likeness (QED) is 0.483. The Kier molecular flexibility index (Phi) is 3.48. The highest BCUT2D eigenvalue weighted by molar-refractivity contribution is 5.92. The summed E-state index contributed by atoms with van der Waals surface area (Å²) in [6.07, 6.45) is 2.12. The van der Waals surface area contributed by atoms with Gasteiger partial charge in [-0.1, -0.05) is 30.3 Å². The molecule has 1 aromatic carbocycles. The van der Waals surface area contributed by atoms with Crippen LogP contribution in [0.25, 0.3) is 0 Å². The molecule has 0 spiro atoms. The van der Waals surface area contributed by atoms with Crippen LogP contribution in [0.5, 0.6) is 0 Å². The lowest BCUT2D eigenvalue weighted by Crippen LogP contribution is -2.11. The van der Waals surface area contributed by atoms with Crippen LogP contribution in [0.15, 0.2) is 53.8 Å². The third-order valence-electron chi connectivity index (χ3n) is 3.45. The Hall–Kier alpha value is -2.56. The first-order valence-electron chi connectivity index (χ1n) is 6.62. The van der Waals surface area contributed by atoms with Crippen LogP contribution in [-0.2, 0) is 23.8 Å². The highest BCUT2D eigenvalue weighted by Crippen LogP contribution is 2.31. The second kappa shape index (κ2) is 5.44. The number of benzene rings is 1. The summed E-state index contributed by atoms with van der Waals surface area (Å²) in [6.45, 7) is 1.94. The molecule has 0 saturated carbocycles. The summed E-state index contributed by atoms with van der Waals surface area (Å²) in [4.78, 5) is 23.0. The molecule has 1 saturated heterocycles. The number of esters is 2. The standard InChI is InChI=1S/C16H14O5/c1-10-7-14(21-15(10)17)19-9-13-12(8-20-16(13)18)11-5-3-2-4-6-11/h2-7,9,12,14H,8H2,1H3/b13-9-. The van der Waals surface area contributed by atoms with Crippen molar-refractivity contribution in [2.24, 2.45) is 0 Å². The number of hydrogen-bond acceptors (Lipinski definition) is 5. The summed E-state index contributed by atoms with van der Waals surface area (Å²) in [7, 11) is 0. The molecule has 0 radical (unpaired) electrons. The number of carbonyl (C=O) groups excluding carboxylic acids is 2. The molecule has 0 aromatic heterocycles. The molecule has 21 heavy (non-hydrogen) atoms. The molecule has 2 aliphatic rings. The van der Waals surface area contributed by atoms with Crippen LogP contribution >= 0.6 is 0 Å². The Morgan fingerprint density at radius 3 is 2.62 bits per heavy atom. The number of cyclic esters (lactones) is 2. The first-order chi connectivity index (χ1) is 10.1. The largest absolute Gasteiger partial charge is 0.461 e. The first-order valence-corrected chi connectivity index (χ1v) is 6.62. The van der Waals surface area contributed by atoms with Gasteiger partial charge in [0.2, 0.25) is 0 Å². The van der Waals surface area contributed by atoms with Gasteiger partial charge in [-0.25, -0.2) is 9.59 Å². The van der Waals surface area contributed by atoms with Crippen molar-refractivity contribution in [3.05, 3.63) is 59.4 Å². The maximum Gasteiger partial charge on any atom is 0.337 e. The van der Waals surface area contributed by atoms with Gasteiger partial charge in [0.15, 0.2) is 0 Å². The molecule has 0 N–H and O–H groups in total. The smallest absolute Gasteiger partial charge is 0.337 e. The van der Waals surface area contributed by atoms with Gasteiger partial charge in [-0.15, -0.1) is 0 Å². The van der Waals surface area contributed by atoms with Crippen LogP contribution in [-0.4, -0.2) is 24.8 Å². The van der Waals surface area contributed by atoms with Gasteiger partial charge in [0.25, 0.3) is 6.29 Å². The molecule has 2 unspecified atom stereocenters. The molecule has 1 aromatic rings. The summed E-state index contributed by atoms with van der Waals surface area (Å²) in [5.74, 6) is -0.984. The van der Waals surface area contributed by atoms with Gasteiger partial charge in [0.05, 0.1) is 17.8 Å². The molecule has 2 heterocycles. The van der Waals surface area contributed by atoms with Crippen molar-refractivity contribution in [2.45, 2.75) is 19.1 Å². The van der Waals surface area contributed by atoms with Crippen LogP contribution in [0.3, 0.4) is 0 Å². The van der Waals surface area contributed by atoms with E-state index < -0.39 is 18.2 Å². The van der Waals surface area contributed by atoms with Crippen molar-refractivity contribution in [3.63, 3.8) is 0 Å². The van der Waals surface area contributed by atoms with E-state index in [0.29, 0.717) is 11.1 Å². The Balaban J connectivity index is 1.77. The van der Waals surface area contributed by atoms with Crippen LogP contribution < -0.4 is 0 Å². The van der Waals surface area contributed by atoms with Crippen molar-refractivity contribution in [1.82, 2.24) is 0 Å². The minimum atomic E-state index is -0.783. The lowest BCUT2D eigenvalue weighted by atomic mass is 9.94. The molecule has 3 rings (SSSR count). The molecule has 2 aliphatic heterocycles. The monoisotopic (exact) mass is 286 g/mol. The van der Waals surface area contributed by atoms with Gasteiger partial charge >= 0.3 is 11.9 Å². The summed E-state index contributed by atoms with van der Waals surface area (Å²) in [6, 6.07) is 9.58. The molecule has 5 nitrogen and oxygen atoms in total. The maximum atomic E-state index is 11.8. The van der Waals surface area contributed by atoms with Crippen molar-refractivity contribution in [3.8, 4) is 0 Å². The van der Waals surface area contributed by atoms with E-state index in [1.807, 2.05) is 30.3 Å². The maximum absolute atomic E-state index is 11.8. The van der Waals surface area contributed by atoms with Gasteiger partial charge in [-0.3, -0.25) is 0 Å². The lowest BCUT2D eigenvalue weighted by molar-refractivity contribution is -0.152. The Morgan fingerprint density at radius 1 is 1.19 bits per heavy atom. The van der Waals surface area contributed by atoms with Gasteiger partial charge in [0, 0.05) is 11.6 Å². The topological polar surface area (TPSA) is 61.8 Å². The predicted octanol–water partition coefficient (Wildman–Crippen LogP) is 2.06. The number of ether oxygens (including phenoxy) is 3. The zero-order chi connectivity index (χ0) is 14.8. The zero-order valence-electron chi connectivity index (χ0n) is 11.4. The van der Waals surface area contributed by atoms with Crippen molar-refractivity contribution in [1.29, 1.82) is 0 Å². The minimum absolute atomic E-state index is 0.166. The van der Waals surface area contributed by atoms with E-state index in [2.05, 4.69) is 0 Å². The highest BCUT2D eigenvalue weighted by atomic mass is 16.7. The number of rotatable bonds is 3. The average Bonchev–Trinajstić information content (AvgIpc) is 3.01. The molecule has 5 heteroatoms. The lowest BCUT2D eigenvalue weighted by Gasteiger charge is -2.11. The number of carbonyl (C=O) groups is 2. The minimum Gasteiger partial charge on any atom is -0.461 e. The molecular weight excluding hydrogens is 272 g/mol. The highest BCUT2D eigenvalue weighted by Gasteiger charge is 2.33. The summed E-state index contributed by atoms with van der Waals surface area (Å²) in [5.41, 5.74) is 1.90.